The monoisotopic (exact) mass is 373 g/mol. The van der Waals surface area contributed by atoms with Gasteiger partial charge in [0.2, 0.25) is 0 Å². The number of nitrogens with one attached hydrogen (secondary N) is 2. The zero-order chi connectivity index (χ0) is 19.1. The van der Waals surface area contributed by atoms with Crippen molar-refractivity contribution in [3.8, 4) is 0 Å². The summed E-state index contributed by atoms with van der Waals surface area (Å²) in [5.74, 6) is -2.22. The summed E-state index contributed by atoms with van der Waals surface area (Å²) in [7, 11) is 1.30. The number of hydrogen-bond donors (Lipinski definition) is 2. The van der Waals surface area contributed by atoms with Gasteiger partial charge in [-0.3, -0.25) is 9.59 Å². The van der Waals surface area contributed by atoms with E-state index in [0.717, 1.165) is 5.56 Å². The first kappa shape index (κ1) is 19.1. The number of amides is 2. The van der Waals surface area contributed by atoms with Crippen LogP contribution in [0.4, 0.5) is 5.69 Å². The van der Waals surface area contributed by atoms with Crippen molar-refractivity contribution in [1.82, 2.24) is 5.43 Å². The first-order chi connectivity index (χ1) is 12.4. The molecule has 0 saturated carbocycles. The van der Waals surface area contributed by atoms with Crippen LogP contribution in [-0.4, -0.2) is 31.1 Å². The van der Waals surface area contributed by atoms with Crippen LogP contribution in [0.2, 0.25) is 5.02 Å². The molecule has 134 valence electrons. The first-order valence-electron chi connectivity index (χ1n) is 7.49. The Morgan fingerprint density at radius 1 is 1.08 bits per heavy atom. The lowest BCUT2D eigenvalue weighted by Crippen LogP contribution is -2.32. The molecule has 0 atom stereocenters. The van der Waals surface area contributed by atoms with Crippen LogP contribution in [0.1, 0.15) is 21.5 Å². The van der Waals surface area contributed by atoms with Gasteiger partial charge in [-0.25, -0.2) is 10.2 Å². The van der Waals surface area contributed by atoms with E-state index in [4.69, 9.17) is 11.6 Å². The number of anilines is 1. The largest absolute Gasteiger partial charge is 0.465 e. The van der Waals surface area contributed by atoms with Gasteiger partial charge in [-0.05, 0) is 48.4 Å². The van der Waals surface area contributed by atoms with Gasteiger partial charge in [-0.2, -0.15) is 5.10 Å². The van der Waals surface area contributed by atoms with Crippen molar-refractivity contribution < 1.29 is 19.1 Å². The second-order valence-corrected chi connectivity index (χ2v) is 5.66. The lowest BCUT2D eigenvalue weighted by Gasteiger charge is -2.07. The first-order valence-corrected chi connectivity index (χ1v) is 7.87. The maximum Gasteiger partial charge on any atom is 0.337 e. The van der Waals surface area contributed by atoms with Gasteiger partial charge in [0, 0.05) is 10.7 Å². The summed E-state index contributed by atoms with van der Waals surface area (Å²) in [6.45, 7) is 1.76. The quantitative estimate of drug-likeness (QED) is 0.372. The lowest BCUT2D eigenvalue weighted by atomic mass is 10.1. The van der Waals surface area contributed by atoms with Crippen LogP contribution in [0.3, 0.4) is 0 Å². The molecule has 0 fully saturated rings. The number of esters is 1. The molecule has 0 aliphatic carbocycles. The van der Waals surface area contributed by atoms with Crippen molar-refractivity contribution in [2.45, 2.75) is 6.92 Å². The Kier molecular flexibility index (Phi) is 6.46. The van der Waals surface area contributed by atoms with Crippen LogP contribution in [0.5, 0.6) is 0 Å². The van der Waals surface area contributed by atoms with E-state index < -0.39 is 17.8 Å². The highest BCUT2D eigenvalue weighted by Crippen LogP contribution is 2.19. The number of hydrogen-bond acceptors (Lipinski definition) is 5. The number of halogens is 1. The summed E-state index contributed by atoms with van der Waals surface area (Å²) in [4.78, 5) is 35.0. The molecule has 8 heteroatoms. The normalized spacial score (nSPS) is 10.4. The van der Waals surface area contributed by atoms with Crippen molar-refractivity contribution in [1.29, 1.82) is 0 Å². The Hall–Kier alpha value is -3.19. The van der Waals surface area contributed by atoms with Crippen molar-refractivity contribution >= 4 is 41.3 Å². The van der Waals surface area contributed by atoms with E-state index in [-0.39, 0.29) is 0 Å². The van der Waals surface area contributed by atoms with Gasteiger partial charge < -0.3 is 10.1 Å². The molecule has 0 saturated heterocycles. The number of carbonyl (C=O) groups is 3. The molecule has 2 aromatic rings. The van der Waals surface area contributed by atoms with Gasteiger partial charge in [0.25, 0.3) is 0 Å². The predicted molar refractivity (Wildman–Crippen MR) is 98.3 cm³/mol. The second kappa shape index (κ2) is 8.77. The molecule has 0 unspecified atom stereocenters. The van der Waals surface area contributed by atoms with E-state index in [1.807, 2.05) is 0 Å². The minimum Gasteiger partial charge on any atom is -0.465 e. The molecule has 7 nitrogen and oxygen atoms in total. The number of hydrazone groups is 1. The van der Waals surface area contributed by atoms with Crippen LogP contribution >= 0.6 is 11.6 Å². The van der Waals surface area contributed by atoms with E-state index in [9.17, 15) is 14.4 Å². The van der Waals surface area contributed by atoms with Gasteiger partial charge in [0.1, 0.15) is 0 Å². The molecule has 0 spiro atoms. The topological polar surface area (TPSA) is 96.9 Å². The van der Waals surface area contributed by atoms with E-state index in [1.54, 1.807) is 49.4 Å². The predicted octanol–water partition coefficient (Wildman–Crippen LogP) is 2.52. The Balaban J connectivity index is 1.91. The van der Waals surface area contributed by atoms with E-state index in [2.05, 4.69) is 20.6 Å². The smallest absolute Gasteiger partial charge is 0.337 e. The number of methoxy groups -OCH3 is 1. The Bertz CT molecular complexity index is 863. The number of ether oxygens (including phenoxy) is 1. The lowest BCUT2D eigenvalue weighted by molar-refractivity contribution is -0.136. The highest BCUT2D eigenvalue weighted by atomic mass is 35.5. The SMILES string of the molecule is COC(=O)c1ccc(C=NNC(=O)C(=O)Nc2ccc(Cl)cc2C)cc1. The Morgan fingerprint density at radius 2 is 1.77 bits per heavy atom. The number of rotatable bonds is 4. The van der Waals surface area contributed by atoms with Gasteiger partial charge in [-0.1, -0.05) is 23.7 Å². The maximum absolute atomic E-state index is 11.9. The molecular formula is C18H16ClN3O4. The summed E-state index contributed by atoms with van der Waals surface area (Å²) in [6.07, 6.45) is 1.35. The molecule has 0 heterocycles. The highest BCUT2D eigenvalue weighted by Gasteiger charge is 2.14. The van der Waals surface area contributed by atoms with Crippen LogP contribution in [-0.2, 0) is 14.3 Å². The summed E-state index contributed by atoms with van der Waals surface area (Å²) in [5, 5.41) is 6.73. The Morgan fingerprint density at radius 3 is 2.38 bits per heavy atom. The van der Waals surface area contributed by atoms with Gasteiger partial charge in [-0.15, -0.1) is 0 Å². The molecule has 0 aliphatic rings. The number of benzene rings is 2. The average molecular weight is 374 g/mol. The average Bonchev–Trinajstić information content (AvgIpc) is 2.63. The minimum atomic E-state index is -0.915. The number of nitrogens with zero attached hydrogens (tertiary/aromatic N) is 1. The zero-order valence-corrected chi connectivity index (χ0v) is 14.8. The molecule has 2 rings (SSSR count). The van der Waals surface area contributed by atoms with Crippen molar-refractivity contribution in [2.75, 3.05) is 12.4 Å². The van der Waals surface area contributed by atoms with E-state index in [0.29, 0.717) is 21.8 Å². The molecule has 0 bridgehead atoms. The summed E-state index contributed by atoms with van der Waals surface area (Å²) >= 11 is 5.84. The van der Waals surface area contributed by atoms with Gasteiger partial charge >= 0.3 is 17.8 Å². The van der Waals surface area contributed by atoms with Gasteiger partial charge in [0.05, 0.1) is 18.9 Å². The zero-order valence-electron chi connectivity index (χ0n) is 14.1. The highest BCUT2D eigenvalue weighted by molar-refractivity contribution is 6.39. The molecule has 0 radical (unpaired) electrons. The fourth-order valence-electron chi connectivity index (χ4n) is 1.99. The van der Waals surface area contributed by atoms with Crippen LogP contribution in [0.25, 0.3) is 0 Å². The van der Waals surface area contributed by atoms with Crippen molar-refractivity contribution in [3.63, 3.8) is 0 Å². The third-order valence-electron chi connectivity index (χ3n) is 3.35. The molecule has 2 aromatic carbocycles. The standard InChI is InChI=1S/C18H16ClN3O4/c1-11-9-14(19)7-8-15(11)21-16(23)17(24)22-20-10-12-3-5-13(6-4-12)18(25)26-2/h3-10H,1-2H3,(H,21,23)(H,22,24). The van der Waals surface area contributed by atoms with Crippen LogP contribution in [0, 0.1) is 6.92 Å². The molecule has 0 aliphatic heterocycles. The summed E-state index contributed by atoms with van der Waals surface area (Å²) in [5.41, 5.74) is 4.37. The number of aryl methyl sites for hydroxylation is 1. The maximum atomic E-state index is 11.9. The third-order valence-corrected chi connectivity index (χ3v) is 3.59. The van der Waals surface area contributed by atoms with E-state index in [1.165, 1.54) is 13.3 Å². The fraction of sp³-hybridized carbons (Fsp3) is 0.111. The van der Waals surface area contributed by atoms with Crippen molar-refractivity contribution in [3.05, 3.63) is 64.2 Å². The Labute approximate surface area is 155 Å². The van der Waals surface area contributed by atoms with E-state index >= 15 is 0 Å². The summed E-state index contributed by atoms with van der Waals surface area (Å²) < 4.78 is 4.60. The molecule has 0 aromatic heterocycles. The van der Waals surface area contributed by atoms with Gasteiger partial charge in [0.15, 0.2) is 0 Å². The third kappa shape index (κ3) is 5.15. The summed E-state index contributed by atoms with van der Waals surface area (Å²) in [6, 6.07) is 11.3. The minimum absolute atomic E-state index is 0.395. The number of carbonyl (C=O) groups excluding carboxylic acids is 3. The van der Waals surface area contributed by atoms with Crippen LogP contribution in [0.15, 0.2) is 47.6 Å². The van der Waals surface area contributed by atoms with Crippen molar-refractivity contribution in [2.24, 2.45) is 5.10 Å². The molecular weight excluding hydrogens is 358 g/mol. The molecule has 26 heavy (non-hydrogen) atoms. The fourth-order valence-corrected chi connectivity index (χ4v) is 2.21. The molecule has 2 N–H and O–H groups in total. The second-order valence-electron chi connectivity index (χ2n) is 5.23. The molecule has 2 amide bonds. The van der Waals surface area contributed by atoms with Crippen LogP contribution < -0.4 is 10.7 Å².